The Morgan fingerprint density at radius 1 is 0.851 bits per heavy atom. The third-order valence-electron chi connectivity index (χ3n) is 6.90. The molecule has 47 heavy (non-hydrogen) atoms. The Hall–Kier alpha value is -4.38. The molecule has 1 atom stereocenters. The molecule has 0 saturated heterocycles. The van der Waals surface area contributed by atoms with Gasteiger partial charge < -0.3 is 30.2 Å². The van der Waals surface area contributed by atoms with Crippen molar-refractivity contribution in [2.24, 2.45) is 0 Å². The topological polar surface area (TPSA) is 132 Å². The van der Waals surface area contributed by atoms with Crippen LogP contribution in [-0.2, 0) is 38.5 Å². The molecule has 10 nitrogen and oxygen atoms in total. The smallest absolute Gasteiger partial charge is 0.444 e. The van der Waals surface area contributed by atoms with Crippen molar-refractivity contribution in [1.29, 1.82) is 0 Å². The lowest BCUT2D eigenvalue weighted by Gasteiger charge is -2.20. The van der Waals surface area contributed by atoms with Gasteiger partial charge in [0.05, 0.1) is 0 Å². The molecule has 3 N–H and O–H groups in total. The van der Waals surface area contributed by atoms with Gasteiger partial charge in [-0.25, -0.2) is 9.59 Å². The number of unbranched alkanes of at least 4 members (excludes halogenated alkanes) is 2. The molecule has 0 heterocycles. The Balaban J connectivity index is 1.54. The molecule has 3 aromatic rings. The maximum absolute atomic E-state index is 13.3. The number of ether oxygens (including phenoxy) is 3. The van der Waals surface area contributed by atoms with Crippen LogP contribution < -0.4 is 20.7 Å². The van der Waals surface area contributed by atoms with Crippen molar-refractivity contribution < 1.29 is 33.4 Å². The summed E-state index contributed by atoms with van der Waals surface area (Å²) in [7, 11) is 0. The van der Waals surface area contributed by atoms with Gasteiger partial charge in [0.25, 0.3) is 0 Å². The summed E-state index contributed by atoms with van der Waals surface area (Å²) in [5.41, 5.74) is 2.78. The van der Waals surface area contributed by atoms with Crippen molar-refractivity contribution in [2.45, 2.75) is 84.5 Å². The van der Waals surface area contributed by atoms with Gasteiger partial charge in [-0.3, -0.25) is 9.59 Å². The Labute approximate surface area is 285 Å². The maximum Gasteiger partial charge on any atom is 0.514 e. The normalized spacial score (nSPS) is 11.6. The van der Waals surface area contributed by atoms with E-state index in [0.29, 0.717) is 25.1 Å². The van der Waals surface area contributed by atoms with Crippen LogP contribution in [0.15, 0.2) is 77.3 Å². The van der Waals surface area contributed by atoms with Crippen molar-refractivity contribution in [3.8, 4) is 5.75 Å². The number of carbonyl (C=O) groups excluding carboxylic acids is 4. The number of anilines is 1. The molecule has 0 aliphatic carbocycles. The lowest BCUT2D eigenvalue weighted by molar-refractivity contribution is -0.126. The molecule has 3 rings (SSSR count). The first-order valence-electron chi connectivity index (χ1n) is 15.7. The molecule has 0 aromatic heterocycles. The Bertz CT molecular complexity index is 1470. The molecule has 0 unspecified atom stereocenters. The molecule has 3 aromatic carbocycles. The number of hydrogen-bond acceptors (Lipinski definition) is 7. The summed E-state index contributed by atoms with van der Waals surface area (Å²) < 4.78 is 16.6. The van der Waals surface area contributed by atoms with Crippen LogP contribution in [0.3, 0.4) is 0 Å². The molecule has 0 aliphatic rings. The zero-order valence-corrected chi connectivity index (χ0v) is 29.0. The largest absolute Gasteiger partial charge is 0.514 e. The highest BCUT2D eigenvalue weighted by Crippen LogP contribution is 2.19. The number of aryl methyl sites for hydroxylation is 1. The minimum absolute atomic E-state index is 0.0545. The van der Waals surface area contributed by atoms with Gasteiger partial charge in [0, 0.05) is 35.1 Å². The van der Waals surface area contributed by atoms with Gasteiger partial charge in [-0.15, -0.1) is 0 Å². The number of hydrogen-bond donors (Lipinski definition) is 3. The summed E-state index contributed by atoms with van der Waals surface area (Å²) >= 11 is 3.42. The van der Waals surface area contributed by atoms with E-state index < -0.39 is 23.9 Å². The van der Waals surface area contributed by atoms with Crippen LogP contribution in [0.5, 0.6) is 5.75 Å². The zero-order chi connectivity index (χ0) is 34.2. The van der Waals surface area contributed by atoms with Crippen molar-refractivity contribution in [1.82, 2.24) is 10.6 Å². The second-order valence-corrected chi connectivity index (χ2v) is 12.8. The van der Waals surface area contributed by atoms with E-state index in [9.17, 15) is 19.2 Å². The van der Waals surface area contributed by atoms with E-state index in [2.05, 4.69) is 38.8 Å². The van der Waals surface area contributed by atoms with E-state index >= 15 is 0 Å². The number of halogens is 1. The Morgan fingerprint density at radius 3 is 2.19 bits per heavy atom. The molecule has 0 aliphatic heterocycles. The van der Waals surface area contributed by atoms with Crippen LogP contribution in [0.25, 0.3) is 0 Å². The fourth-order valence-electron chi connectivity index (χ4n) is 4.43. The van der Waals surface area contributed by atoms with Crippen LogP contribution in [0, 0.1) is 0 Å². The Kier molecular flexibility index (Phi) is 14.7. The monoisotopic (exact) mass is 709 g/mol. The van der Waals surface area contributed by atoms with E-state index in [0.717, 1.165) is 34.0 Å². The molecule has 0 bridgehead atoms. The minimum atomic E-state index is -0.844. The fourth-order valence-corrected chi connectivity index (χ4v) is 4.83. The van der Waals surface area contributed by atoms with Crippen molar-refractivity contribution in [2.75, 3.05) is 11.9 Å². The molecule has 3 amide bonds. The first-order chi connectivity index (χ1) is 22.4. The second-order valence-electron chi connectivity index (χ2n) is 12.0. The van der Waals surface area contributed by atoms with Crippen molar-refractivity contribution >= 4 is 45.7 Å². The summed E-state index contributed by atoms with van der Waals surface area (Å²) in [6, 6.07) is 20.8. The molecule has 11 heteroatoms. The van der Waals surface area contributed by atoms with Crippen LogP contribution in [0.2, 0.25) is 0 Å². The molecule has 0 radical (unpaired) electrons. The molecule has 0 spiro atoms. The van der Waals surface area contributed by atoms with Crippen molar-refractivity contribution in [3.63, 3.8) is 0 Å². The standard InChI is InChI=1S/C36H44BrN3O7/c1-5-25-14-18-28(19-15-25)39-33(42)31(40-32(41)13-7-6-10-22-38-34(43)47-36(2,3)4)23-26-16-20-29(21-17-26)46-35(44)45-24-27-11-8-9-12-30(27)37/h8-9,11-12,14-21,31H,5-7,10,13,22-24H2,1-4H3,(H,38,43)(H,39,42)(H,40,41)/t31-/m0/s1. The van der Waals surface area contributed by atoms with Gasteiger partial charge in [-0.05, 0) is 81.5 Å². The van der Waals surface area contributed by atoms with Crippen LogP contribution in [0.1, 0.15) is 70.1 Å². The van der Waals surface area contributed by atoms with Gasteiger partial charge in [-0.1, -0.05) is 71.7 Å². The van der Waals surface area contributed by atoms with Crippen LogP contribution >= 0.6 is 15.9 Å². The SMILES string of the molecule is CCc1ccc(NC(=O)[C@H](Cc2ccc(OC(=O)OCc3ccccc3Br)cc2)NC(=O)CCCCCNC(=O)OC(C)(C)C)cc1. The summed E-state index contributed by atoms with van der Waals surface area (Å²) in [5, 5.41) is 8.49. The summed E-state index contributed by atoms with van der Waals surface area (Å²) in [6.45, 7) is 7.96. The molecule has 0 saturated carbocycles. The predicted octanol–water partition coefficient (Wildman–Crippen LogP) is 7.48. The third-order valence-corrected chi connectivity index (χ3v) is 7.67. The molecular weight excluding hydrogens is 666 g/mol. The number of rotatable bonds is 15. The third kappa shape index (κ3) is 14.3. The molecule has 0 fully saturated rings. The quantitative estimate of drug-likeness (QED) is 0.0847. The molecular formula is C36H44BrN3O7. The second kappa shape index (κ2) is 18.7. The van der Waals surface area contributed by atoms with E-state index in [1.54, 1.807) is 45.0 Å². The first-order valence-corrected chi connectivity index (χ1v) is 16.5. The number of nitrogens with one attached hydrogen (secondary N) is 3. The van der Waals surface area contributed by atoms with Gasteiger partial charge in [-0.2, -0.15) is 0 Å². The minimum Gasteiger partial charge on any atom is -0.444 e. The first kappa shape index (κ1) is 37.1. The Morgan fingerprint density at radius 2 is 1.53 bits per heavy atom. The fraction of sp³-hybridized carbons (Fsp3) is 0.389. The van der Waals surface area contributed by atoms with E-state index in [4.69, 9.17) is 14.2 Å². The van der Waals surface area contributed by atoms with Gasteiger partial charge in [0.1, 0.15) is 24.0 Å². The highest BCUT2D eigenvalue weighted by Gasteiger charge is 2.22. The van der Waals surface area contributed by atoms with E-state index in [1.807, 2.05) is 48.5 Å². The summed E-state index contributed by atoms with van der Waals surface area (Å²) in [5.74, 6) is -0.312. The lowest BCUT2D eigenvalue weighted by atomic mass is 10.0. The van der Waals surface area contributed by atoms with Crippen LogP contribution in [-0.4, -0.2) is 42.3 Å². The molecule has 252 valence electrons. The van der Waals surface area contributed by atoms with Gasteiger partial charge >= 0.3 is 12.2 Å². The average molecular weight is 711 g/mol. The van der Waals surface area contributed by atoms with Gasteiger partial charge in [0.15, 0.2) is 0 Å². The highest BCUT2D eigenvalue weighted by molar-refractivity contribution is 9.10. The van der Waals surface area contributed by atoms with Crippen molar-refractivity contribution in [3.05, 3.63) is 94.0 Å². The summed E-state index contributed by atoms with van der Waals surface area (Å²) in [4.78, 5) is 50.2. The number of amides is 3. The van der Waals surface area contributed by atoms with Gasteiger partial charge in [0.2, 0.25) is 11.8 Å². The zero-order valence-electron chi connectivity index (χ0n) is 27.4. The highest BCUT2D eigenvalue weighted by atomic mass is 79.9. The predicted molar refractivity (Wildman–Crippen MR) is 184 cm³/mol. The van der Waals surface area contributed by atoms with Crippen LogP contribution in [0.4, 0.5) is 15.3 Å². The van der Waals surface area contributed by atoms with E-state index in [1.165, 1.54) is 0 Å². The lowest BCUT2D eigenvalue weighted by Crippen LogP contribution is -2.45. The maximum atomic E-state index is 13.3. The van der Waals surface area contributed by atoms with E-state index in [-0.39, 0.29) is 37.0 Å². The number of alkyl carbamates (subject to hydrolysis) is 1. The average Bonchev–Trinajstić information content (AvgIpc) is 3.02. The number of benzene rings is 3. The summed E-state index contributed by atoms with van der Waals surface area (Å²) in [6.07, 6.45) is 2.03. The number of carbonyl (C=O) groups is 4.